The maximum atomic E-state index is 12.2. The lowest BCUT2D eigenvalue weighted by molar-refractivity contribution is -0.138. The number of pyridine rings is 1. The van der Waals surface area contributed by atoms with Crippen LogP contribution < -0.4 is 4.74 Å². The van der Waals surface area contributed by atoms with E-state index in [9.17, 15) is 4.79 Å². The molecule has 2 atom stereocenters. The molecular formula is C20H24N2O3. The molecule has 3 rings (SSSR count). The number of aromatic nitrogens is 1. The third kappa shape index (κ3) is 4.79. The van der Waals surface area contributed by atoms with Crippen molar-refractivity contribution in [1.82, 2.24) is 9.88 Å². The third-order valence-corrected chi connectivity index (χ3v) is 4.55. The zero-order valence-electron chi connectivity index (χ0n) is 14.5. The van der Waals surface area contributed by atoms with Gasteiger partial charge in [0.25, 0.3) is 0 Å². The van der Waals surface area contributed by atoms with Crippen molar-refractivity contribution in [3.63, 3.8) is 0 Å². The zero-order valence-corrected chi connectivity index (χ0v) is 14.5. The minimum Gasteiger partial charge on any atom is -0.488 e. The molecule has 0 spiro atoms. The smallest absolute Gasteiger partial charge is 0.248 e. The molecule has 2 heterocycles. The second-order valence-electron chi connectivity index (χ2n) is 6.36. The zero-order chi connectivity index (χ0) is 17.5. The van der Waals surface area contributed by atoms with Crippen LogP contribution >= 0.6 is 0 Å². The van der Waals surface area contributed by atoms with E-state index >= 15 is 0 Å². The average molecular weight is 340 g/mol. The largest absolute Gasteiger partial charge is 0.488 e. The molecule has 1 fully saturated rings. The van der Waals surface area contributed by atoms with Gasteiger partial charge in [0.05, 0.1) is 6.20 Å². The lowest BCUT2D eigenvalue weighted by Crippen LogP contribution is -2.49. The summed E-state index contributed by atoms with van der Waals surface area (Å²) in [4.78, 5) is 18.2. The van der Waals surface area contributed by atoms with Crippen LogP contribution in [0.4, 0.5) is 0 Å². The Morgan fingerprint density at radius 3 is 2.80 bits per heavy atom. The third-order valence-electron chi connectivity index (χ3n) is 4.55. The fraction of sp³-hybridized carbons (Fsp3) is 0.400. The van der Waals surface area contributed by atoms with Crippen LogP contribution in [0.2, 0.25) is 0 Å². The van der Waals surface area contributed by atoms with Crippen LogP contribution in [-0.2, 0) is 16.0 Å². The van der Waals surface area contributed by atoms with Gasteiger partial charge >= 0.3 is 0 Å². The van der Waals surface area contributed by atoms with Crippen molar-refractivity contribution in [1.29, 1.82) is 0 Å². The van der Waals surface area contributed by atoms with Crippen molar-refractivity contribution in [3.8, 4) is 5.75 Å². The number of ether oxygens (including phenoxy) is 2. The number of hydrogen-bond donors (Lipinski definition) is 0. The first kappa shape index (κ1) is 17.4. The molecule has 132 valence electrons. The topological polar surface area (TPSA) is 51.7 Å². The SMILES string of the molecule is COCC(=O)N1CC[C@H](Oc2cccnc2)[C@H](Cc2ccccc2)C1. The number of likely N-dealkylation sites (tertiary alicyclic amines) is 1. The fourth-order valence-corrected chi connectivity index (χ4v) is 3.31. The Morgan fingerprint density at radius 2 is 2.08 bits per heavy atom. The second kappa shape index (κ2) is 8.62. The summed E-state index contributed by atoms with van der Waals surface area (Å²) in [5.41, 5.74) is 1.26. The molecule has 25 heavy (non-hydrogen) atoms. The summed E-state index contributed by atoms with van der Waals surface area (Å²) in [6.45, 7) is 1.51. The van der Waals surface area contributed by atoms with Crippen LogP contribution in [0.15, 0.2) is 54.9 Å². The lowest BCUT2D eigenvalue weighted by atomic mass is 9.88. The first-order valence-corrected chi connectivity index (χ1v) is 8.63. The quantitative estimate of drug-likeness (QED) is 0.811. The lowest BCUT2D eigenvalue weighted by Gasteiger charge is -2.38. The molecule has 0 bridgehead atoms. The van der Waals surface area contributed by atoms with Crippen molar-refractivity contribution >= 4 is 5.91 Å². The van der Waals surface area contributed by atoms with Gasteiger partial charge in [-0.15, -0.1) is 0 Å². The highest BCUT2D eigenvalue weighted by atomic mass is 16.5. The highest BCUT2D eigenvalue weighted by molar-refractivity contribution is 5.77. The maximum absolute atomic E-state index is 12.2. The van der Waals surface area contributed by atoms with Gasteiger partial charge in [0.1, 0.15) is 18.5 Å². The molecule has 1 saturated heterocycles. The van der Waals surface area contributed by atoms with E-state index in [1.807, 2.05) is 35.2 Å². The van der Waals surface area contributed by atoms with E-state index in [-0.39, 0.29) is 24.5 Å². The van der Waals surface area contributed by atoms with Gasteiger partial charge < -0.3 is 14.4 Å². The van der Waals surface area contributed by atoms with Gasteiger partial charge in [0.15, 0.2) is 0 Å². The summed E-state index contributed by atoms with van der Waals surface area (Å²) in [6.07, 6.45) is 5.23. The molecule has 2 aromatic rings. The maximum Gasteiger partial charge on any atom is 0.248 e. The van der Waals surface area contributed by atoms with E-state index < -0.39 is 0 Å². The van der Waals surface area contributed by atoms with E-state index in [0.717, 1.165) is 18.6 Å². The van der Waals surface area contributed by atoms with Crippen molar-refractivity contribution in [3.05, 3.63) is 60.4 Å². The molecule has 1 aromatic carbocycles. The Hall–Kier alpha value is -2.40. The van der Waals surface area contributed by atoms with Crippen molar-refractivity contribution in [2.75, 3.05) is 26.8 Å². The highest BCUT2D eigenvalue weighted by Gasteiger charge is 2.33. The van der Waals surface area contributed by atoms with Crippen molar-refractivity contribution in [2.24, 2.45) is 5.92 Å². The molecule has 5 heteroatoms. The summed E-state index contributed by atoms with van der Waals surface area (Å²) in [5, 5.41) is 0. The van der Waals surface area contributed by atoms with Crippen LogP contribution in [0, 0.1) is 5.92 Å². The number of rotatable bonds is 6. The number of carbonyl (C=O) groups excluding carboxylic acids is 1. The summed E-state index contributed by atoms with van der Waals surface area (Å²) >= 11 is 0. The fourth-order valence-electron chi connectivity index (χ4n) is 3.31. The highest BCUT2D eigenvalue weighted by Crippen LogP contribution is 2.26. The van der Waals surface area contributed by atoms with Crippen LogP contribution in [0.3, 0.4) is 0 Å². The van der Waals surface area contributed by atoms with Gasteiger partial charge in [0.2, 0.25) is 5.91 Å². The second-order valence-corrected chi connectivity index (χ2v) is 6.36. The number of methoxy groups -OCH3 is 1. The molecule has 5 nitrogen and oxygen atoms in total. The first-order valence-electron chi connectivity index (χ1n) is 8.63. The Balaban J connectivity index is 1.72. The van der Waals surface area contributed by atoms with Crippen LogP contribution in [0.25, 0.3) is 0 Å². The van der Waals surface area contributed by atoms with Gasteiger partial charge in [-0.3, -0.25) is 9.78 Å². The number of hydrogen-bond acceptors (Lipinski definition) is 4. The summed E-state index contributed by atoms with van der Waals surface area (Å²) in [5.74, 6) is 1.06. The molecule has 1 aliphatic rings. The summed E-state index contributed by atoms with van der Waals surface area (Å²) < 4.78 is 11.2. The molecule has 1 amide bonds. The number of nitrogens with zero attached hydrogens (tertiary/aromatic N) is 2. The predicted octanol–water partition coefficient (Wildman–Crippen LogP) is 2.57. The van der Waals surface area contributed by atoms with E-state index in [1.54, 1.807) is 19.5 Å². The van der Waals surface area contributed by atoms with Gasteiger partial charge in [-0.1, -0.05) is 30.3 Å². The first-order chi connectivity index (χ1) is 12.3. The normalized spacial score (nSPS) is 20.3. The van der Waals surface area contributed by atoms with Gasteiger partial charge in [-0.25, -0.2) is 0 Å². The van der Waals surface area contributed by atoms with E-state index in [4.69, 9.17) is 9.47 Å². The average Bonchev–Trinajstić information content (AvgIpc) is 2.65. The Kier molecular flexibility index (Phi) is 6.01. The molecule has 0 N–H and O–H groups in total. The molecule has 0 unspecified atom stereocenters. The molecule has 1 aromatic heterocycles. The molecule has 0 aliphatic carbocycles. The summed E-state index contributed by atoms with van der Waals surface area (Å²) in [7, 11) is 1.55. The number of amides is 1. The van der Waals surface area contributed by atoms with Crippen molar-refractivity contribution < 1.29 is 14.3 Å². The van der Waals surface area contributed by atoms with E-state index in [2.05, 4.69) is 17.1 Å². The van der Waals surface area contributed by atoms with Crippen molar-refractivity contribution in [2.45, 2.75) is 18.9 Å². The van der Waals surface area contributed by atoms with Gasteiger partial charge in [-0.05, 0) is 24.1 Å². The Bertz CT molecular complexity index is 663. The number of piperidine rings is 1. The standard InChI is InChI=1S/C20H24N2O3/c1-24-15-20(23)22-11-9-19(25-18-8-5-10-21-13-18)17(14-22)12-16-6-3-2-4-7-16/h2-8,10,13,17,19H,9,11-12,14-15H2,1H3/t17-,19+/m1/s1. The predicted molar refractivity (Wildman–Crippen MR) is 95.4 cm³/mol. The summed E-state index contributed by atoms with van der Waals surface area (Å²) in [6, 6.07) is 14.1. The number of benzene rings is 1. The Morgan fingerprint density at radius 1 is 1.24 bits per heavy atom. The minimum atomic E-state index is 0.0420. The molecule has 1 aliphatic heterocycles. The van der Waals surface area contributed by atoms with Gasteiger partial charge in [0, 0.05) is 38.7 Å². The Labute approximate surface area is 148 Å². The van der Waals surface area contributed by atoms with Crippen LogP contribution in [0.5, 0.6) is 5.75 Å². The van der Waals surface area contributed by atoms with Crippen LogP contribution in [0.1, 0.15) is 12.0 Å². The monoisotopic (exact) mass is 340 g/mol. The number of carbonyl (C=O) groups is 1. The van der Waals surface area contributed by atoms with E-state index in [1.165, 1.54) is 5.56 Å². The molecule has 0 saturated carbocycles. The minimum absolute atomic E-state index is 0.0420. The van der Waals surface area contributed by atoms with Crippen LogP contribution in [-0.4, -0.2) is 48.7 Å². The van der Waals surface area contributed by atoms with E-state index in [0.29, 0.717) is 13.1 Å². The van der Waals surface area contributed by atoms with Gasteiger partial charge in [-0.2, -0.15) is 0 Å². The molecule has 0 radical (unpaired) electrons. The molecular weight excluding hydrogens is 316 g/mol.